The standard InChI is InChI=1S/C69H67BN2/c1-64(2,3)38-22-24-39(25-23-38)71-59-35-53-45(46-32-56-57(34-52(46)69(53,12)13)66(6,7)29-28-65(56,4)5)30-48(59)42-26-27-43-49-31-44-40-18-14-16-20-50(40)67(8,9)54(44)36-60(49)72-61-37-55-47(33-58(61)70-62(42)63(43)72)41-19-15-17-21-51(41)68(55,10)11/h14-27,30-37,70-71H,28-29H2,1-13H3. The van der Waals surface area contributed by atoms with E-state index in [9.17, 15) is 0 Å². The second-order valence-corrected chi connectivity index (χ2v) is 26.5. The van der Waals surface area contributed by atoms with Gasteiger partial charge in [-0.25, -0.2) is 0 Å². The molecule has 9 aromatic rings. The summed E-state index contributed by atoms with van der Waals surface area (Å²) in [7, 11) is 0.845. The highest BCUT2D eigenvalue weighted by Crippen LogP contribution is 2.57. The Bertz CT molecular complexity index is 3910. The van der Waals surface area contributed by atoms with Crippen LogP contribution in [-0.2, 0) is 32.5 Å². The van der Waals surface area contributed by atoms with E-state index in [4.69, 9.17) is 0 Å². The highest BCUT2D eigenvalue weighted by Gasteiger charge is 2.44. The van der Waals surface area contributed by atoms with Crippen LogP contribution < -0.4 is 16.2 Å². The summed E-state index contributed by atoms with van der Waals surface area (Å²) in [5, 5.41) is 6.76. The summed E-state index contributed by atoms with van der Waals surface area (Å²) < 4.78 is 2.70. The average molecular weight is 935 g/mol. The molecule has 0 bridgehead atoms. The zero-order chi connectivity index (χ0) is 50.0. The highest BCUT2D eigenvalue weighted by atomic mass is 15.0. The summed E-state index contributed by atoms with van der Waals surface area (Å²) >= 11 is 0. The lowest BCUT2D eigenvalue weighted by Crippen LogP contribution is -2.38. The maximum atomic E-state index is 4.10. The summed E-state index contributed by atoms with van der Waals surface area (Å²) in [6.45, 7) is 31.4. The molecule has 0 atom stereocenters. The second kappa shape index (κ2) is 13.9. The summed E-state index contributed by atoms with van der Waals surface area (Å²) in [4.78, 5) is 0. The van der Waals surface area contributed by atoms with Crippen molar-refractivity contribution in [3.05, 3.63) is 184 Å². The molecule has 3 heteroatoms. The van der Waals surface area contributed by atoms with Crippen LogP contribution in [0.2, 0.25) is 0 Å². The smallest absolute Gasteiger partial charge is 0.198 e. The number of hydrogen-bond donors (Lipinski definition) is 1. The lowest BCUT2D eigenvalue weighted by atomic mass is 9.58. The molecule has 72 heavy (non-hydrogen) atoms. The molecule has 0 amide bonds. The minimum atomic E-state index is -0.177. The molecule has 356 valence electrons. The van der Waals surface area contributed by atoms with Gasteiger partial charge in [0.25, 0.3) is 0 Å². The fourth-order valence-corrected chi connectivity index (χ4v) is 14.7. The average Bonchev–Trinajstić information content (AvgIpc) is 3.95. The topological polar surface area (TPSA) is 17.0 Å². The number of fused-ring (bicyclic) bond motifs is 15. The second-order valence-electron chi connectivity index (χ2n) is 26.5. The number of aromatic nitrogens is 1. The molecule has 2 heterocycles. The van der Waals surface area contributed by atoms with Crippen LogP contribution in [0.15, 0.2) is 133 Å². The molecule has 0 fully saturated rings. The molecule has 1 aromatic heterocycles. The van der Waals surface area contributed by atoms with Crippen LogP contribution in [0.1, 0.15) is 153 Å². The van der Waals surface area contributed by atoms with Gasteiger partial charge in [-0.2, -0.15) is 0 Å². The molecule has 0 saturated heterocycles. The zero-order valence-corrected chi connectivity index (χ0v) is 44.8. The van der Waals surface area contributed by atoms with Crippen molar-refractivity contribution in [3.8, 4) is 50.2 Å². The number of nitrogens with zero attached hydrogens (tertiary/aromatic N) is 1. The Hall–Kier alpha value is -6.58. The minimum Gasteiger partial charge on any atom is -0.355 e. The van der Waals surface area contributed by atoms with Crippen LogP contribution in [0.4, 0.5) is 11.4 Å². The highest BCUT2D eigenvalue weighted by molar-refractivity contribution is 6.73. The number of benzene rings is 8. The Morgan fingerprint density at radius 3 is 1.64 bits per heavy atom. The molecule has 0 saturated carbocycles. The van der Waals surface area contributed by atoms with Crippen molar-refractivity contribution >= 4 is 51.4 Å². The Balaban J connectivity index is 1.06. The van der Waals surface area contributed by atoms with Gasteiger partial charge in [0.1, 0.15) is 0 Å². The van der Waals surface area contributed by atoms with Crippen molar-refractivity contribution in [3.63, 3.8) is 0 Å². The molecule has 8 aromatic carbocycles. The molecule has 0 unspecified atom stereocenters. The van der Waals surface area contributed by atoms with Crippen molar-refractivity contribution in [1.82, 2.24) is 4.57 Å². The zero-order valence-electron chi connectivity index (χ0n) is 44.8. The van der Waals surface area contributed by atoms with Gasteiger partial charge < -0.3 is 9.88 Å². The Morgan fingerprint density at radius 2 is 0.986 bits per heavy atom. The maximum absolute atomic E-state index is 4.10. The summed E-state index contributed by atoms with van der Waals surface area (Å²) in [6, 6.07) is 53.0. The van der Waals surface area contributed by atoms with E-state index in [1.54, 1.807) is 0 Å². The van der Waals surface area contributed by atoms with Gasteiger partial charge in [-0.1, -0.05) is 180 Å². The predicted molar refractivity (Wildman–Crippen MR) is 309 cm³/mol. The first-order valence-corrected chi connectivity index (χ1v) is 26.8. The quantitative estimate of drug-likeness (QED) is 0.175. The van der Waals surface area contributed by atoms with Crippen LogP contribution in [0.3, 0.4) is 0 Å². The van der Waals surface area contributed by atoms with Gasteiger partial charge in [0.05, 0.1) is 5.52 Å². The van der Waals surface area contributed by atoms with Crippen molar-refractivity contribution in [2.24, 2.45) is 0 Å². The van der Waals surface area contributed by atoms with Gasteiger partial charge in [-0.15, -0.1) is 0 Å². The van der Waals surface area contributed by atoms with Crippen molar-refractivity contribution in [2.45, 2.75) is 135 Å². The molecule has 4 aliphatic carbocycles. The molecule has 0 spiro atoms. The van der Waals surface area contributed by atoms with Gasteiger partial charge in [0.15, 0.2) is 7.28 Å². The van der Waals surface area contributed by atoms with E-state index in [2.05, 4.69) is 233 Å². The van der Waals surface area contributed by atoms with Crippen LogP contribution in [0, 0.1) is 0 Å². The number of hydrogen-bond acceptors (Lipinski definition) is 1. The van der Waals surface area contributed by atoms with Crippen molar-refractivity contribution < 1.29 is 0 Å². The largest absolute Gasteiger partial charge is 0.355 e. The molecule has 1 N–H and O–H groups in total. The van der Waals surface area contributed by atoms with Crippen molar-refractivity contribution in [1.29, 1.82) is 0 Å². The van der Waals surface area contributed by atoms with Crippen LogP contribution >= 0.6 is 0 Å². The Labute approximate surface area is 428 Å². The third kappa shape index (κ3) is 5.74. The van der Waals surface area contributed by atoms with Gasteiger partial charge >= 0.3 is 0 Å². The summed E-state index contributed by atoms with van der Waals surface area (Å²) in [5.74, 6) is 0. The van der Waals surface area contributed by atoms with Crippen LogP contribution in [-0.4, -0.2) is 11.8 Å². The molecule has 5 aliphatic rings. The fraction of sp³-hybridized carbons (Fsp3) is 0.304. The van der Waals surface area contributed by atoms with Gasteiger partial charge in [-0.3, -0.25) is 0 Å². The molecule has 2 nitrogen and oxygen atoms in total. The summed E-state index contributed by atoms with van der Waals surface area (Å²) in [6.07, 6.45) is 2.40. The predicted octanol–water partition coefficient (Wildman–Crippen LogP) is 16.5. The molecule has 1 aliphatic heterocycles. The molecular weight excluding hydrogens is 868 g/mol. The van der Waals surface area contributed by atoms with E-state index in [0.717, 1.165) is 18.7 Å². The first-order chi connectivity index (χ1) is 34.1. The summed E-state index contributed by atoms with van der Waals surface area (Å²) in [5.41, 5.74) is 32.7. The van der Waals surface area contributed by atoms with Crippen molar-refractivity contribution in [2.75, 3.05) is 5.32 Å². The first kappa shape index (κ1) is 44.2. The van der Waals surface area contributed by atoms with Gasteiger partial charge in [0.2, 0.25) is 0 Å². The first-order valence-electron chi connectivity index (χ1n) is 26.8. The molecule has 0 radical (unpaired) electrons. The number of nitrogens with one attached hydrogen (secondary N) is 1. The Kier molecular flexibility index (Phi) is 8.54. The Morgan fingerprint density at radius 1 is 0.444 bits per heavy atom. The van der Waals surface area contributed by atoms with E-state index in [1.807, 2.05) is 0 Å². The van der Waals surface area contributed by atoms with E-state index < -0.39 is 0 Å². The van der Waals surface area contributed by atoms with Crippen LogP contribution in [0.5, 0.6) is 0 Å². The van der Waals surface area contributed by atoms with E-state index in [0.29, 0.717) is 0 Å². The van der Waals surface area contributed by atoms with Gasteiger partial charge in [-0.05, 0) is 172 Å². The maximum Gasteiger partial charge on any atom is 0.198 e. The van der Waals surface area contributed by atoms with E-state index >= 15 is 0 Å². The third-order valence-electron chi connectivity index (χ3n) is 19.2. The van der Waals surface area contributed by atoms with Crippen LogP contribution in [0.25, 0.3) is 72.0 Å². The monoisotopic (exact) mass is 935 g/mol. The van der Waals surface area contributed by atoms with E-state index in [-0.39, 0.29) is 32.5 Å². The SMILES string of the molecule is CC(C)(C)c1ccc(Nc2cc3c(cc2-c2ccc4c5cc6c(cc5n5c4c2Bc2cc4c(cc2-5)C(C)(C)c2ccccc2-4)C(C)(C)c2ccccc2-6)-c2cc4c(cc2C3(C)C)C(C)(C)CCC4(C)C)cc1. The number of anilines is 2. The fourth-order valence-electron chi connectivity index (χ4n) is 14.7. The van der Waals surface area contributed by atoms with E-state index in [1.165, 1.54) is 146 Å². The normalized spacial score (nSPS) is 18.1. The minimum absolute atomic E-state index is 0.0689. The number of rotatable bonds is 3. The lowest BCUT2D eigenvalue weighted by molar-refractivity contribution is 0.331. The molecular formula is C69H67BN2. The third-order valence-corrected chi connectivity index (χ3v) is 19.2. The molecule has 14 rings (SSSR count). The lowest BCUT2D eigenvalue weighted by Gasteiger charge is -2.42. The van der Waals surface area contributed by atoms with Gasteiger partial charge in [0, 0.05) is 55.2 Å².